The zero-order valence-electron chi connectivity index (χ0n) is 10.5. The number of methoxy groups -OCH3 is 1. The Bertz CT molecular complexity index is 399. The van der Waals surface area contributed by atoms with Crippen LogP contribution < -0.4 is 0 Å². The number of fused-ring (bicyclic) bond motifs is 2. The van der Waals surface area contributed by atoms with Crippen LogP contribution in [0.3, 0.4) is 0 Å². The van der Waals surface area contributed by atoms with Crippen LogP contribution >= 0.6 is 0 Å². The zero-order valence-corrected chi connectivity index (χ0v) is 10.5. The Balaban J connectivity index is 2.37. The van der Waals surface area contributed by atoms with Gasteiger partial charge in [-0.2, -0.15) is 0 Å². The lowest BCUT2D eigenvalue weighted by molar-refractivity contribution is -0.184. The van der Waals surface area contributed by atoms with Gasteiger partial charge < -0.3 is 9.47 Å². The summed E-state index contributed by atoms with van der Waals surface area (Å²) in [6.07, 6.45) is 1.33. The van der Waals surface area contributed by atoms with Gasteiger partial charge in [0.1, 0.15) is 0 Å². The fourth-order valence-electron chi connectivity index (χ4n) is 2.56. The molecule has 2 aliphatic heterocycles. The van der Waals surface area contributed by atoms with Gasteiger partial charge in [0.15, 0.2) is 6.23 Å². The fraction of sp³-hybridized carbons (Fsp3) is 0.667. The molecule has 0 radical (unpaired) electrons. The normalized spacial score (nSPS) is 30.5. The average molecular weight is 239 g/mol. The molecule has 0 spiro atoms. The minimum absolute atomic E-state index is 0.120. The van der Waals surface area contributed by atoms with E-state index in [4.69, 9.17) is 4.74 Å². The van der Waals surface area contributed by atoms with Crippen LogP contribution in [0.4, 0.5) is 4.79 Å². The highest BCUT2D eigenvalue weighted by atomic mass is 16.6. The van der Waals surface area contributed by atoms with Crippen molar-refractivity contribution >= 4 is 12.1 Å². The number of carbonyl (C=O) groups excluding carboxylic acids is 2. The van der Waals surface area contributed by atoms with Crippen LogP contribution in [0.2, 0.25) is 0 Å². The summed E-state index contributed by atoms with van der Waals surface area (Å²) in [6, 6.07) is 0. The van der Waals surface area contributed by atoms with Crippen molar-refractivity contribution in [1.82, 2.24) is 4.90 Å². The van der Waals surface area contributed by atoms with Gasteiger partial charge in [-0.15, -0.1) is 0 Å². The molecule has 2 bridgehead atoms. The third-order valence-corrected chi connectivity index (χ3v) is 3.67. The summed E-state index contributed by atoms with van der Waals surface area (Å²) < 4.78 is 9.97. The number of carbonyl (C=O) groups is 2. The summed E-state index contributed by atoms with van der Waals surface area (Å²) in [5, 5.41) is 0. The van der Waals surface area contributed by atoms with Gasteiger partial charge in [0.25, 0.3) is 0 Å². The molecule has 0 aromatic heterocycles. The van der Waals surface area contributed by atoms with Crippen molar-refractivity contribution in [3.05, 3.63) is 11.8 Å². The van der Waals surface area contributed by atoms with Crippen molar-refractivity contribution in [3.63, 3.8) is 0 Å². The lowest BCUT2D eigenvalue weighted by Crippen LogP contribution is -2.54. The van der Waals surface area contributed by atoms with E-state index in [2.05, 4.69) is 4.74 Å². The number of nitrogens with zero attached hydrogens (tertiary/aromatic N) is 1. The van der Waals surface area contributed by atoms with E-state index in [0.29, 0.717) is 6.42 Å². The molecule has 2 heterocycles. The second kappa shape index (κ2) is 3.75. The Labute approximate surface area is 100 Å². The predicted octanol–water partition coefficient (Wildman–Crippen LogP) is 1.89. The number of esters is 1. The van der Waals surface area contributed by atoms with Gasteiger partial charge >= 0.3 is 12.1 Å². The van der Waals surface area contributed by atoms with E-state index in [1.807, 2.05) is 20.8 Å². The van der Waals surface area contributed by atoms with Gasteiger partial charge in [0.05, 0.1) is 12.5 Å². The molecule has 2 rings (SSSR count). The second-order valence-electron chi connectivity index (χ2n) is 5.12. The molecule has 1 saturated heterocycles. The molecule has 2 atom stereocenters. The first-order valence-electron chi connectivity index (χ1n) is 5.63. The molecule has 5 nitrogen and oxygen atoms in total. The van der Waals surface area contributed by atoms with Gasteiger partial charge in [-0.05, 0) is 20.8 Å². The number of hydrogen-bond donors (Lipinski definition) is 0. The molecule has 1 amide bonds. The molecule has 0 unspecified atom stereocenters. The van der Waals surface area contributed by atoms with Crippen molar-refractivity contribution in [2.24, 2.45) is 11.3 Å². The molecule has 94 valence electrons. The predicted molar refractivity (Wildman–Crippen MR) is 59.8 cm³/mol. The van der Waals surface area contributed by atoms with Crippen LogP contribution in [0.15, 0.2) is 11.8 Å². The molecule has 2 aliphatic rings. The fourth-order valence-corrected chi connectivity index (χ4v) is 2.56. The van der Waals surface area contributed by atoms with Crippen molar-refractivity contribution in [2.45, 2.75) is 33.4 Å². The van der Waals surface area contributed by atoms with Crippen LogP contribution in [-0.4, -0.2) is 30.3 Å². The maximum absolute atomic E-state index is 11.9. The van der Waals surface area contributed by atoms with Crippen LogP contribution in [-0.2, 0) is 14.3 Å². The highest BCUT2D eigenvalue weighted by Crippen LogP contribution is 2.45. The maximum atomic E-state index is 11.9. The minimum atomic E-state index is -0.531. The van der Waals surface area contributed by atoms with Crippen molar-refractivity contribution in [2.75, 3.05) is 7.11 Å². The van der Waals surface area contributed by atoms with E-state index >= 15 is 0 Å². The summed E-state index contributed by atoms with van der Waals surface area (Å²) in [5.41, 5.74) is 0.479. The quantitative estimate of drug-likeness (QED) is 0.606. The molecule has 0 saturated carbocycles. The Hall–Kier alpha value is -1.52. The number of amides is 1. The largest absolute Gasteiger partial charge is 0.452 e. The molecular weight excluding hydrogens is 222 g/mol. The first kappa shape index (κ1) is 12.0. The molecule has 17 heavy (non-hydrogen) atoms. The number of ether oxygens (including phenoxy) is 2. The SMILES string of the molecule is COC(=O)N1C=C(C)[C@H]2C[C@@H]1OC(=O)C2(C)C. The van der Waals surface area contributed by atoms with Crippen LogP contribution in [0.25, 0.3) is 0 Å². The first-order valence-corrected chi connectivity index (χ1v) is 5.63. The molecular formula is C12H17NO4. The summed E-state index contributed by atoms with van der Waals surface area (Å²) >= 11 is 0. The summed E-state index contributed by atoms with van der Waals surface area (Å²) in [5.74, 6) is -0.144. The second-order valence-corrected chi connectivity index (χ2v) is 5.12. The minimum Gasteiger partial charge on any atom is -0.452 e. The number of hydrogen-bond acceptors (Lipinski definition) is 4. The molecule has 0 aromatic rings. The van der Waals surface area contributed by atoms with E-state index in [9.17, 15) is 9.59 Å². The van der Waals surface area contributed by atoms with Gasteiger partial charge in [0, 0.05) is 18.5 Å². The standard InChI is InChI=1S/C12H17NO4/c1-7-6-13(11(15)16-4)9-5-8(7)12(2,3)10(14)17-9/h6,8-9H,5H2,1-4H3/t8-,9+/m1/s1. The van der Waals surface area contributed by atoms with E-state index in [0.717, 1.165) is 5.57 Å². The summed E-state index contributed by atoms with van der Waals surface area (Å²) in [4.78, 5) is 24.8. The molecule has 1 fully saturated rings. The van der Waals surface area contributed by atoms with Crippen molar-refractivity contribution in [1.29, 1.82) is 0 Å². The molecule has 5 heteroatoms. The maximum Gasteiger partial charge on any atom is 0.416 e. The average Bonchev–Trinajstić information content (AvgIpc) is 2.28. The van der Waals surface area contributed by atoms with Crippen molar-refractivity contribution < 1.29 is 19.1 Å². The Morgan fingerprint density at radius 2 is 2.24 bits per heavy atom. The Kier molecular flexibility index (Phi) is 2.64. The highest BCUT2D eigenvalue weighted by Gasteiger charge is 2.50. The molecule has 0 aromatic carbocycles. The van der Waals surface area contributed by atoms with E-state index in [1.54, 1.807) is 6.20 Å². The summed E-state index contributed by atoms with van der Waals surface area (Å²) in [6.45, 7) is 5.68. The van der Waals surface area contributed by atoms with E-state index < -0.39 is 17.7 Å². The highest BCUT2D eigenvalue weighted by molar-refractivity contribution is 5.79. The van der Waals surface area contributed by atoms with Crippen LogP contribution in [0.1, 0.15) is 27.2 Å². The Morgan fingerprint density at radius 1 is 1.59 bits per heavy atom. The molecule has 0 N–H and O–H groups in total. The summed E-state index contributed by atoms with van der Waals surface area (Å²) in [7, 11) is 1.31. The third kappa shape index (κ3) is 1.69. The van der Waals surface area contributed by atoms with Gasteiger partial charge in [0.2, 0.25) is 0 Å². The smallest absolute Gasteiger partial charge is 0.416 e. The zero-order chi connectivity index (χ0) is 12.8. The van der Waals surface area contributed by atoms with E-state index in [1.165, 1.54) is 12.0 Å². The number of rotatable bonds is 0. The lowest BCUT2D eigenvalue weighted by atomic mass is 9.70. The van der Waals surface area contributed by atoms with Crippen molar-refractivity contribution in [3.8, 4) is 0 Å². The number of allylic oxidation sites excluding steroid dienone is 1. The Morgan fingerprint density at radius 3 is 2.82 bits per heavy atom. The topological polar surface area (TPSA) is 55.8 Å². The molecule has 0 aliphatic carbocycles. The third-order valence-electron chi connectivity index (χ3n) is 3.67. The van der Waals surface area contributed by atoms with Crippen LogP contribution in [0, 0.1) is 11.3 Å². The van der Waals surface area contributed by atoms with E-state index in [-0.39, 0.29) is 11.9 Å². The van der Waals surface area contributed by atoms with Gasteiger partial charge in [-0.25, -0.2) is 9.69 Å². The monoisotopic (exact) mass is 239 g/mol. The van der Waals surface area contributed by atoms with Gasteiger partial charge in [-0.3, -0.25) is 4.79 Å². The lowest BCUT2D eigenvalue weighted by Gasteiger charge is -2.46. The van der Waals surface area contributed by atoms with Gasteiger partial charge in [-0.1, -0.05) is 5.57 Å². The van der Waals surface area contributed by atoms with Crippen LogP contribution in [0.5, 0.6) is 0 Å². The first-order chi connectivity index (χ1) is 7.87.